The van der Waals surface area contributed by atoms with Gasteiger partial charge in [-0.05, 0) is 6.92 Å². The van der Waals surface area contributed by atoms with Crippen LogP contribution in [0.5, 0.6) is 0 Å². The molecule has 5 heteroatoms. The van der Waals surface area contributed by atoms with Gasteiger partial charge in [-0.2, -0.15) is 5.10 Å². The van der Waals surface area contributed by atoms with Gasteiger partial charge >= 0.3 is 0 Å². The molecule has 0 spiro atoms. The minimum absolute atomic E-state index is 0.0142. The van der Waals surface area contributed by atoms with Crippen molar-refractivity contribution in [2.24, 2.45) is 0 Å². The summed E-state index contributed by atoms with van der Waals surface area (Å²) in [7, 11) is 0. The molecule has 0 fully saturated rings. The van der Waals surface area contributed by atoms with Gasteiger partial charge < -0.3 is 10.4 Å². The SMILES string of the molecule is Cc1nn(CC(CO)NC(C)C)cc1Cl. The lowest BCUT2D eigenvalue weighted by atomic mass is 10.2. The lowest BCUT2D eigenvalue weighted by molar-refractivity contribution is 0.218. The molecule has 1 unspecified atom stereocenters. The third-order valence-corrected chi connectivity index (χ3v) is 2.45. The molecule has 1 atom stereocenters. The summed E-state index contributed by atoms with van der Waals surface area (Å²) in [6, 6.07) is 0.356. The molecule has 1 heterocycles. The largest absolute Gasteiger partial charge is 0.395 e. The number of aromatic nitrogens is 2. The summed E-state index contributed by atoms with van der Waals surface area (Å²) in [5.41, 5.74) is 0.818. The van der Waals surface area contributed by atoms with Crippen molar-refractivity contribution < 1.29 is 5.11 Å². The summed E-state index contributed by atoms with van der Waals surface area (Å²) in [6.07, 6.45) is 1.78. The van der Waals surface area contributed by atoms with Crippen LogP contribution in [0.4, 0.5) is 0 Å². The lowest BCUT2D eigenvalue weighted by Crippen LogP contribution is -2.40. The number of aryl methyl sites for hydroxylation is 1. The summed E-state index contributed by atoms with van der Waals surface area (Å²) in [6.45, 7) is 6.67. The van der Waals surface area contributed by atoms with Crippen LogP contribution >= 0.6 is 11.6 Å². The number of rotatable bonds is 5. The molecule has 15 heavy (non-hydrogen) atoms. The fourth-order valence-electron chi connectivity index (χ4n) is 1.45. The quantitative estimate of drug-likeness (QED) is 0.801. The summed E-state index contributed by atoms with van der Waals surface area (Å²) in [4.78, 5) is 0. The number of aliphatic hydroxyl groups is 1. The molecule has 1 aromatic heterocycles. The molecule has 0 radical (unpaired) electrons. The van der Waals surface area contributed by atoms with Crippen LogP contribution < -0.4 is 5.32 Å². The van der Waals surface area contributed by atoms with E-state index in [2.05, 4.69) is 10.4 Å². The maximum atomic E-state index is 9.18. The number of hydrogen-bond donors (Lipinski definition) is 2. The molecule has 0 aliphatic rings. The molecule has 0 saturated carbocycles. The Morgan fingerprint density at radius 3 is 2.67 bits per heavy atom. The van der Waals surface area contributed by atoms with E-state index in [1.807, 2.05) is 20.8 Å². The van der Waals surface area contributed by atoms with E-state index in [1.165, 1.54) is 0 Å². The van der Waals surface area contributed by atoms with Crippen molar-refractivity contribution >= 4 is 11.6 Å². The first-order valence-corrected chi connectivity index (χ1v) is 5.47. The van der Waals surface area contributed by atoms with Crippen LogP contribution in [0.3, 0.4) is 0 Å². The van der Waals surface area contributed by atoms with Crippen molar-refractivity contribution in [2.45, 2.75) is 39.4 Å². The van der Waals surface area contributed by atoms with E-state index in [-0.39, 0.29) is 12.6 Å². The average Bonchev–Trinajstić information content (AvgIpc) is 2.44. The zero-order valence-corrected chi connectivity index (χ0v) is 10.1. The Morgan fingerprint density at radius 2 is 2.27 bits per heavy atom. The molecule has 2 N–H and O–H groups in total. The Bertz CT molecular complexity index is 292. The second-order valence-corrected chi connectivity index (χ2v) is 4.39. The Labute approximate surface area is 95.2 Å². The topological polar surface area (TPSA) is 50.1 Å². The van der Waals surface area contributed by atoms with Crippen LogP contribution in [-0.2, 0) is 6.54 Å². The number of halogens is 1. The first-order chi connectivity index (χ1) is 7.02. The predicted molar refractivity (Wildman–Crippen MR) is 61.1 cm³/mol. The Morgan fingerprint density at radius 1 is 1.60 bits per heavy atom. The van der Waals surface area contributed by atoms with E-state index in [9.17, 15) is 5.11 Å². The molecule has 0 aliphatic carbocycles. The van der Waals surface area contributed by atoms with Gasteiger partial charge in [-0.1, -0.05) is 25.4 Å². The van der Waals surface area contributed by atoms with E-state index in [0.717, 1.165) is 5.69 Å². The lowest BCUT2D eigenvalue weighted by Gasteiger charge is -2.18. The molecule has 0 amide bonds. The normalized spacial score (nSPS) is 13.5. The van der Waals surface area contributed by atoms with Gasteiger partial charge in [0.25, 0.3) is 0 Å². The Balaban J connectivity index is 2.58. The average molecular weight is 232 g/mol. The Hall–Kier alpha value is -0.580. The van der Waals surface area contributed by atoms with E-state index in [1.54, 1.807) is 10.9 Å². The summed E-state index contributed by atoms with van der Waals surface area (Å²) in [5, 5.41) is 17.3. The van der Waals surface area contributed by atoms with Gasteiger partial charge in [-0.15, -0.1) is 0 Å². The minimum Gasteiger partial charge on any atom is -0.395 e. The smallest absolute Gasteiger partial charge is 0.0814 e. The zero-order chi connectivity index (χ0) is 11.4. The van der Waals surface area contributed by atoms with Gasteiger partial charge in [0.05, 0.1) is 23.9 Å². The standard InChI is InChI=1S/C10H18ClN3O/c1-7(2)12-9(6-15)4-14-5-10(11)8(3)13-14/h5,7,9,12,15H,4,6H2,1-3H3. The molecule has 1 aromatic rings. The molecule has 0 aromatic carbocycles. The summed E-state index contributed by atoms with van der Waals surface area (Å²) < 4.78 is 1.76. The highest BCUT2D eigenvalue weighted by Crippen LogP contribution is 2.12. The van der Waals surface area contributed by atoms with Crippen LogP contribution in [0, 0.1) is 6.92 Å². The second-order valence-electron chi connectivity index (χ2n) is 3.99. The van der Waals surface area contributed by atoms with Crippen molar-refractivity contribution in [1.29, 1.82) is 0 Å². The van der Waals surface area contributed by atoms with E-state index >= 15 is 0 Å². The highest BCUT2D eigenvalue weighted by atomic mass is 35.5. The van der Waals surface area contributed by atoms with Gasteiger partial charge in [-0.25, -0.2) is 0 Å². The third-order valence-electron chi connectivity index (χ3n) is 2.08. The van der Waals surface area contributed by atoms with Crippen LogP contribution in [0.1, 0.15) is 19.5 Å². The van der Waals surface area contributed by atoms with Crippen LogP contribution in [0.15, 0.2) is 6.20 Å². The maximum Gasteiger partial charge on any atom is 0.0814 e. The third kappa shape index (κ3) is 3.81. The highest BCUT2D eigenvalue weighted by Gasteiger charge is 2.11. The molecular formula is C10H18ClN3O. The number of aliphatic hydroxyl groups excluding tert-OH is 1. The first kappa shape index (κ1) is 12.5. The Kier molecular flexibility index (Phi) is 4.57. The molecule has 86 valence electrons. The van der Waals surface area contributed by atoms with Gasteiger partial charge in [0.1, 0.15) is 0 Å². The molecular weight excluding hydrogens is 214 g/mol. The summed E-state index contributed by atoms with van der Waals surface area (Å²) in [5.74, 6) is 0. The van der Waals surface area contributed by atoms with Crippen molar-refractivity contribution in [3.05, 3.63) is 16.9 Å². The van der Waals surface area contributed by atoms with E-state index in [0.29, 0.717) is 17.6 Å². The van der Waals surface area contributed by atoms with Crippen molar-refractivity contribution in [2.75, 3.05) is 6.61 Å². The van der Waals surface area contributed by atoms with Crippen LogP contribution in [-0.4, -0.2) is 33.6 Å². The second kappa shape index (κ2) is 5.49. The molecule has 1 rings (SSSR count). The fourth-order valence-corrected chi connectivity index (χ4v) is 1.60. The monoisotopic (exact) mass is 231 g/mol. The molecule has 0 bridgehead atoms. The number of nitrogens with zero attached hydrogens (tertiary/aromatic N) is 2. The minimum atomic E-state index is 0.0142. The van der Waals surface area contributed by atoms with Crippen molar-refractivity contribution in [3.63, 3.8) is 0 Å². The predicted octanol–water partition coefficient (Wildman–Crippen LogP) is 1.20. The zero-order valence-electron chi connectivity index (χ0n) is 9.37. The first-order valence-electron chi connectivity index (χ1n) is 5.09. The maximum absolute atomic E-state index is 9.18. The van der Waals surface area contributed by atoms with E-state index in [4.69, 9.17) is 11.6 Å². The molecule has 4 nitrogen and oxygen atoms in total. The van der Waals surface area contributed by atoms with Gasteiger partial charge in [-0.3, -0.25) is 4.68 Å². The van der Waals surface area contributed by atoms with E-state index < -0.39 is 0 Å². The van der Waals surface area contributed by atoms with Crippen LogP contribution in [0.25, 0.3) is 0 Å². The van der Waals surface area contributed by atoms with Crippen molar-refractivity contribution in [1.82, 2.24) is 15.1 Å². The van der Waals surface area contributed by atoms with Gasteiger partial charge in [0.15, 0.2) is 0 Å². The van der Waals surface area contributed by atoms with Gasteiger partial charge in [0, 0.05) is 18.3 Å². The molecule has 0 aliphatic heterocycles. The van der Waals surface area contributed by atoms with Gasteiger partial charge in [0.2, 0.25) is 0 Å². The fraction of sp³-hybridized carbons (Fsp3) is 0.700. The van der Waals surface area contributed by atoms with Crippen molar-refractivity contribution in [3.8, 4) is 0 Å². The molecule has 0 saturated heterocycles. The summed E-state index contributed by atoms with van der Waals surface area (Å²) >= 11 is 5.90. The number of hydrogen-bond acceptors (Lipinski definition) is 3. The number of nitrogens with one attached hydrogen (secondary N) is 1. The van der Waals surface area contributed by atoms with Crippen LogP contribution in [0.2, 0.25) is 5.02 Å². The highest BCUT2D eigenvalue weighted by molar-refractivity contribution is 6.31.